The van der Waals surface area contributed by atoms with Gasteiger partial charge < -0.3 is 9.32 Å². The summed E-state index contributed by atoms with van der Waals surface area (Å²) in [6.45, 7) is 2.18. The summed E-state index contributed by atoms with van der Waals surface area (Å²) in [7, 11) is 1.71. The van der Waals surface area contributed by atoms with Gasteiger partial charge in [0.2, 0.25) is 11.8 Å². The van der Waals surface area contributed by atoms with Crippen molar-refractivity contribution in [1.82, 2.24) is 15.1 Å². The van der Waals surface area contributed by atoms with Crippen LogP contribution >= 0.6 is 11.8 Å². The van der Waals surface area contributed by atoms with Crippen LogP contribution in [0.15, 0.2) is 33.9 Å². The average molecular weight is 377 g/mol. The molecule has 3 rings (SSSR count). The summed E-state index contributed by atoms with van der Waals surface area (Å²) in [5, 5.41) is 8.35. The van der Waals surface area contributed by atoms with Crippen molar-refractivity contribution in [3.05, 3.63) is 41.5 Å². The molecule has 0 bridgehead atoms. The molecular formula is C19H24FN3O2S. The smallest absolute Gasteiger partial charge is 0.277 e. The third-order valence-corrected chi connectivity index (χ3v) is 5.61. The van der Waals surface area contributed by atoms with Gasteiger partial charge in [0, 0.05) is 19.5 Å². The van der Waals surface area contributed by atoms with Crippen LogP contribution in [0.4, 0.5) is 4.39 Å². The molecule has 1 atom stereocenters. The van der Waals surface area contributed by atoms with Gasteiger partial charge in [-0.25, -0.2) is 4.39 Å². The van der Waals surface area contributed by atoms with Crippen LogP contribution in [0.3, 0.4) is 0 Å². The predicted molar refractivity (Wildman–Crippen MR) is 98.3 cm³/mol. The van der Waals surface area contributed by atoms with E-state index in [0.29, 0.717) is 23.6 Å². The van der Waals surface area contributed by atoms with Crippen molar-refractivity contribution < 1.29 is 13.6 Å². The summed E-state index contributed by atoms with van der Waals surface area (Å²) in [4.78, 5) is 14.2. The minimum Gasteiger partial charge on any atom is -0.416 e. The molecule has 0 aliphatic heterocycles. The first-order valence-electron chi connectivity index (χ1n) is 9.02. The lowest BCUT2D eigenvalue weighted by Crippen LogP contribution is -2.32. The van der Waals surface area contributed by atoms with Gasteiger partial charge >= 0.3 is 0 Å². The van der Waals surface area contributed by atoms with Crippen molar-refractivity contribution in [3.63, 3.8) is 0 Å². The number of nitrogens with zero attached hydrogens (tertiary/aromatic N) is 3. The summed E-state index contributed by atoms with van der Waals surface area (Å²) in [5.41, 5.74) is 0.760. The minimum absolute atomic E-state index is 0.0586. The Morgan fingerprint density at radius 1 is 1.35 bits per heavy atom. The molecule has 0 radical (unpaired) electrons. The minimum atomic E-state index is -0.354. The van der Waals surface area contributed by atoms with E-state index in [0.717, 1.165) is 18.4 Å². The van der Waals surface area contributed by atoms with E-state index >= 15 is 0 Å². The highest BCUT2D eigenvalue weighted by molar-refractivity contribution is 8.00. The zero-order valence-corrected chi connectivity index (χ0v) is 16.0. The number of hydrogen-bond acceptors (Lipinski definition) is 5. The summed E-state index contributed by atoms with van der Waals surface area (Å²) in [6.07, 6.45) is 5.87. The Morgan fingerprint density at radius 3 is 2.85 bits per heavy atom. The monoisotopic (exact) mass is 377 g/mol. The van der Waals surface area contributed by atoms with Gasteiger partial charge in [-0.15, -0.1) is 10.2 Å². The topological polar surface area (TPSA) is 59.2 Å². The Balaban J connectivity index is 1.56. The van der Waals surface area contributed by atoms with Gasteiger partial charge in [-0.3, -0.25) is 4.79 Å². The Hall–Kier alpha value is -1.89. The van der Waals surface area contributed by atoms with E-state index in [9.17, 15) is 9.18 Å². The lowest BCUT2D eigenvalue weighted by atomic mass is 9.89. The average Bonchev–Trinajstić information content (AvgIpc) is 3.10. The van der Waals surface area contributed by atoms with E-state index in [4.69, 9.17) is 4.42 Å². The number of aromatic nitrogens is 2. The second-order valence-corrected chi connectivity index (χ2v) is 8.12. The van der Waals surface area contributed by atoms with Gasteiger partial charge in [0.15, 0.2) is 0 Å². The molecule has 1 aromatic heterocycles. The van der Waals surface area contributed by atoms with Crippen LogP contribution in [0, 0.1) is 5.82 Å². The Labute approximate surface area is 157 Å². The highest BCUT2D eigenvalue weighted by Gasteiger charge is 2.24. The highest BCUT2D eigenvalue weighted by atomic mass is 32.2. The van der Waals surface area contributed by atoms with Gasteiger partial charge in [0.1, 0.15) is 5.82 Å². The van der Waals surface area contributed by atoms with Crippen LogP contribution in [0.5, 0.6) is 0 Å². The van der Waals surface area contributed by atoms with Crippen LogP contribution in [0.1, 0.15) is 56.4 Å². The maximum Gasteiger partial charge on any atom is 0.277 e. The number of carbonyl (C=O) groups excluding carboxylic acids is 1. The first kappa shape index (κ1) is 18.9. The van der Waals surface area contributed by atoms with E-state index in [2.05, 4.69) is 10.2 Å². The Bertz CT molecular complexity index is 746. The summed E-state index contributed by atoms with van der Waals surface area (Å²) >= 11 is 1.27. The van der Waals surface area contributed by atoms with Crippen LogP contribution in [-0.4, -0.2) is 33.3 Å². The zero-order chi connectivity index (χ0) is 18.5. The molecule has 0 spiro atoms. The Morgan fingerprint density at radius 2 is 2.12 bits per heavy atom. The molecule has 1 fully saturated rings. The van der Waals surface area contributed by atoms with Crippen molar-refractivity contribution >= 4 is 17.7 Å². The number of benzene rings is 1. The lowest BCUT2D eigenvalue weighted by Gasteiger charge is -2.20. The summed E-state index contributed by atoms with van der Waals surface area (Å²) < 4.78 is 19.1. The summed E-state index contributed by atoms with van der Waals surface area (Å²) in [5.74, 6) is 0.691. The molecule has 140 valence electrons. The first-order valence-corrected chi connectivity index (χ1v) is 9.90. The number of rotatable bonds is 6. The van der Waals surface area contributed by atoms with E-state index < -0.39 is 0 Å². The molecule has 1 unspecified atom stereocenters. The number of amides is 1. The molecule has 0 N–H and O–H groups in total. The molecule has 1 aliphatic rings. The molecule has 1 amide bonds. The second-order valence-electron chi connectivity index (χ2n) is 6.83. The maximum absolute atomic E-state index is 13.3. The largest absolute Gasteiger partial charge is 0.416 e. The number of thioether (sulfide) groups is 1. The predicted octanol–water partition coefficient (Wildman–Crippen LogP) is 4.40. The Kier molecular flexibility index (Phi) is 6.29. The van der Waals surface area contributed by atoms with Crippen molar-refractivity contribution in [2.45, 2.75) is 62.0 Å². The van der Waals surface area contributed by atoms with E-state index in [-0.39, 0.29) is 17.0 Å². The molecule has 5 nitrogen and oxygen atoms in total. The fourth-order valence-electron chi connectivity index (χ4n) is 3.28. The third-order valence-electron chi connectivity index (χ3n) is 4.69. The van der Waals surface area contributed by atoms with Crippen molar-refractivity contribution in [3.8, 4) is 0 Å². The van der Waals surface area contributed by atoms with Gasteiger partial charge in [0.25, 0.3) is 5.22 Å². The van der Waals surface area contributed by atoms with Crippen molar-refractivity contribution in [2.24, 2.45) is 0 Å². The standard InChI is InChI=1S/C19H24FN3O2S/c1-13(18(24)23(2)12-14-7-6-10-16(20)11-14)26-19-22-21-17(25-19)15-8-4-3-5-9-15/h6-7,10-11,13,15H,3-5,8-9,12H2,1-2H3. The zero-order valence-electron chi connectivity index (χ0n) is 15.2. The normalized spacial score (nSPS) is 16.4. The fourth-order valence-corrected chi connectivity index (χ4v) is 4.09. The van der Waals surface area contributed by atoms with Gasteiger partial charge in [0.05, 0.1) is 5.25 Å². The number of carbonyl (C=O) groups is 1. The molecule has 1 aromatic carbocycles. The molecule has 7 heteroatoms. The van der Waals surface area contributed by atoms with Crippen LogP contribution in [-0.2, 0) is 11.3 Å². The number of hydrogen-bond donors (Lipinski definition) is 0. The van der Waals surface area contributed by atoms with Gasteiger partial charge in [-0.2, -0.15) is 0 Å². The number of halogens is 1. The molecule has 1 heterocycles. The quantitative estimate of drug-likeness (QED) is 0.699. The SMILES string of the molecule is CC(Sc1nnc(C2CCCCC2)o1)C(=O)N(C)Cc1cccc(F)c1. The summed E-state index contributed by atoms with van der Waals surface area (Å²) in [6, 6.07) is 6.28. The lowest BCUT2D eigenvalue weighted by molar-refractivity contribution is -0.129. The highest BCUT2D eigenvalue weighted by Crippen LogP contribution is 2.33. The molecule has 1 aliphatic carbocycles. The molecule has 1 saturated carbocycles. The molecule has 26 heavy (non-hydrogen) atoms. The van der Waals surface area contributed by atoms with Crippen LogP contribution < -0.4 is 0 Å². The maximum atomic E-state index is 13.3. The third kappa shape index (κ3) is 4.84. The fraction of sp³-hybridized carbons (Fsp3) is 0.526. The van der Waals surface area contributed by atoms with Crippen molar-refractivity contribution in [1.29, 1.82) is 0 Å². The van der Waals surface area contributed by atoms with Gasteiger partial charge in [-0.1, -0.05) is 43.2 Å². The molecular weight excluding hydrogens is 353 g/mol. The van der Waals surface area contributed by atoms with E-state index in [1.165, 1.54) is 43.2 Å². The van der Waals surface area contributed by atoms with Crippen molar-refractivity contribution in [2.75, 3.05) is 7.05 Å². The van der Waals surface area contributed by atoms with E-state index in [1.807, 2.05) is 6.92 Å². The van der Waals surface area contributed by atoms with Gasteiger partial charge in [-0.05, 0) is 37.5 Å². The van der Waals surface area contributed by atoms with Crippen LogP contribution in [0.25, 0.3) is 0 Å². The van der Waals surface area contributed by atoms with E-state index in [1.54, 1.807) is 24.1 Å². The first-order chi connectivity index (χ1) is 12.5. The molecule has 0 saturated heterocycles. The molecule has 2 aromatic rings. The second kappa shape index (κ2) is 8.66. The van der Waals surface area contributed by atoms with Crippen LogP contribution in [0.2, 0.25) is 0 Å².